The summed E-state index contributed by atoms with van der Waals surface area (Å²) in [6.45, 7) is 6.07. The van der Waals surface area contributed by atoms with E-state index < -0.39 is 6.04 Å². The smallest absolute Gasteiger partial charge is 0.236 e. The number of aromatic nitrogens is 2. The maximum Gasteiger partial charge on any atom is 0.236 e. The second kappa shape index (κ2) is 4.44. The molecule has 0 aromatic carbocycles. The van der Waals surface area contributed by atoms with Crippen molar-refractivity contribution in [1.82, 2.24) is 15.1 Å². The molecule has 1 atom stereocenters. The molecule has 0 aliphatic heterocycles. The highest BCUT2D eigenvalue weighted by Gasteiger charge is 2.11. The van der Waals surface area contributed by atoms with Gasteiger partial charge in [0.25, 0.3) is 0 Å². The van der Waals surface area contributed by atoms with Crippen molar-refractivity contribution in [3.05, 3.63) is 17.0 Å². The standard InChI is InChI=1S/C10H18N4O/c1-6(11)10(15)12-5-9-7(2)13-14(4)8(9)3/h6H,5,11H2,1-4H3,(H,12,15)/t6-/m0/s1. The van der Waals surface area contributed by atoms with Crippen LogP contribution in [0, 0.1) is 13.8 Å². The van der Waals surface area contributed by atoms with Crippen LogP contribution in [-0.4, -0.2) is 21.7 Å². The van der Waals surface area contributed by atoms with Crippen LogP contribution in [0.1, 0.15) is 23.9 Å². The number of nitrogens with zero attached hydrogens (tertiary/aromatic N) is 2. The summed E-state index contributed by atoms with van der Waals surface area (Å²) in [5.41, 5.74) is 8.52. The SMILES string of the molecule is Cc1nn(C)c(C)c1CNC(=O)[C@H](C)N. The number of nitrogens with one attached hydrogen (secondary N) is 1. The largest absolute Gasteiger partial charge is 0.351 e. The monoisotopic (exact) mass is 210 g/mol. The third kappa shape index (κ3) is 2.56. The maximum atomic E-state index is 11.3. The molecule has 0 saturated carbocycles. The van der Waals surface area contributed by atoms with E-state index >= 15 is 0 Å². The molecule has 0 unspecified atom stereocenters. The fourth-order valence-electron chi connectivity index (χ4n) is 1.41. The van der Waals surface area contributed by atoms with Gasteiger partial charge in [-0.3, -0.25) is 9.48 Å². The number of hydrogen-bond donors (Lipinski definition) is 2. The summed E-state index contributed by atoms with van der Waals surface area (Å²) in [7, 11) is 1.89. The first-order valence-electron chi connectivity index (χ1n) is 4.96. The topological polar surface area (TPSA) is 72.9 Å². The first-order chi connectivity index (χ1) is 6.93. The van der Waals surface area contributed by atoms with Crippen molar-refractivity contribution < 1.29 is 4.79 Å². The van der Waals surface area contributed by atoms with E-state index in [1.165, 1.54) is 0 Å². The van der Waals surface area contributed by atoms with Crippen molar-refractivity contribution in [3.63, 3.8) is 0 Å². The Labute approximate surface area is 89.6 Å². The van der Waals surface area contributed by atoms with E-state index in [1.807, 2.05) is 25.6 Å². The van der Waals surface area contributed by atoms with Crippen LogP contribution in [-0.2, 0) is 18.4 Å². The molecule has 0 radical (unpaired) electrons. The molecule has 0 bridgehead atoms. The second-order valence-corrected chi connectivity index (χ2v) is 3.78. The molecule has 0 aliphatic carbocycles. The van der Waals surface area contributed by atoms with Crippen molar-refractivity contribution >= 4 is 5.91 Å². The molecule has 1 amide bonds. The maximum absolute atomic E-state index is 11.3. The summed E-state index contributed by atoms with van der Waals surface area (Å²) >= 11 is 0. The first-order valence-corrected chi connectivity index (χ1v) is 4.96. The average Bonchev–Trinajstić information content (AvgIpc) is 2.38. The highest BCUT2D eigenvalue weighted by Crippen LogP contribution is 2.10. The lowest BCUT2D eigenvalue weighted by molar-refractivity contribution is -0.122. The van der Waals surface area contributed by atoms with Gasteiger partial charge >= 0.3 is 0 Å². The van der Waals surface area contributed by atoms with E-state index in [2.05, 4.69) is 10.4 Å². The number of carbonyl (C=O) groups excluding carboxylic acids is 1. The van der Waals surface area contributed by atoms with E-state index in [4.69, 9.17) is 5.73 Å². The molecule has 5 heteroatoms. The first kappa shape index (κ1) is 11.7. The van der Waals surface area contributed by atoms with Gasteiger partial charge in [0, 0.05) is 24.8 Å². The summed E-state index contributed by atoms with van der Waals surface area (Å²) in [6, 6.07) is -0.470. The molecule has 1 rings (SSSR count). The predicted octanol–water partition coefficient (Wildman–Crippen LogP) is 0.000340. The lowest BCUT2D eigenvalue weighted by Gasteiger charge is -2.07. The van der Waals surface area contributed by atoms with E-state index in [0.29, 0.717) is 6.54 Å². The summed E-state index contributed by atoms with van der Waals surface area (Å²) in [6.07, 6.45) is 0. The van der Waals surface area contributed by atoms with E-state index in [0.717, 1.165) is 17.0 Å². The van der Waals surface area contributed by atoms with E-state index in [9.17, 15) is 4.79 Å². The number of carbonyl (C=O) groups is 1. The Morgan fingerprint density at radius 2 is 2.20 bits per heavy atom. The predicted molar refractivity (Wildman–Crippen MR) is 58.2 cm³/mol. The number of nitrogens with two attached hydrogens (primary N) is 1. The van der Waals surface area contributed by atoms with Gasteiger partial charge in [-0.05, 0) is 20.8 Å². The van der Waals surface area contributed by atoms with Gasteiger partial charge in [0.2, 0.25) is 5.91 Å². The Kier molecular flexibility index (Phi) is 3.47. The fraction of sp³-hybridized carbons (Fsp3) is 0.600. The van der Waals surface area contributed by atoms with Crippen LogP contribution in [0.5, 0.6) is 0 Å². The summed E-state index contributed by atoms with van der Waals surface area (Å²) in [4.78, 5) is 11.3. The normalized spacial score (nSPS) is 12.6. The lowest BCUT2D eigenvalue weighted by Crippen LogP contribution is -2.38. The van der Waals surface area contributed by atoms with Crippen molar-refractivity contribution in [2.75, 3.05) is 0 Å². The Bertz CT molecular complexity index is 368. The number of aryl methyl sites for hydroxylation is 2. The van der Waals surface area contributed by atoms with Gasteiger partial charge in [0.15, 0.2) is 0 Å². The van der Waals surface area contributed by atoms with Crippen LogP contribution in [0.15, 0.2) is 0 Å². The Balaban J connectivity index is 2.69. The van der Waals surface area contributed by atoms with Crippen molar-refractivity contribution in [2.24, 2.45) is 12.8 Å². The van der Waals surface area contributed by atoms with Crippen molar-refractivity contribution in [1.29, 1.82) is 0 Å². The molecule has 84 valence electrons. The minimum atomic E-state index is -0.470. The van der Waals surface area contributed by atoms with Crippen LogP contribution >= 0.6 is 0 Å². The van der Waals surface area contributed by atoms with Crippen molar-refractivity contribution in [2.45, 2.75) is 33.4 Å². The number of hydrogen-bond acceptors (Lipinski definition) is 3. The highest BCUT2D eigenvalue weighted by atomic mass is 16.2. The summed E-state index contributed by atoms with van der Waals surface area (Å²) in [5, 5.41) is 7.04. The molecule has 1 aromatic rings. The molecule has 1 heterocycles. The second-order valence-electron chi connectivity index (χ2n) is 3.78. The summed E-state index contributed by atoms with van der Waals surface area (Å²) < 4.78 is 1.81. The molecular formula is C10H18N4O. The Morgan fingerprint density at radius 3 is 2.60 bits per heavy atom. The molecule has 0 fully saturated rings. The van der Waals surface area contributed by atoms with Gasteiger partial charge in [0.1, 0.15) is 0 Å². The molecule has 5 nitrogen and oxygen atoms in total. The molecule has 3 N–H and O–H groups in total. The van der Waals surface area contributed by atoms with Crippen LogP contribution in [0.3, 0.4) is 0 Å². The van der Waals surface area contributed by atoms with Gasteiger partial charge in [-0.1, -0.05) is 0 Å². The lowest BCUT2D eigenvalue weighted by atomic mass is 10.2. The van der Waals surface area contributed by atoms with Gasteiger partial charge in [-0.25, -0.2) is 0 Å². The zero-order valence-electron chi connectivity index (χ0n) is 9.66. The molecule has 0 aliphatic rings. The third-order valence-electron chi connectivity index (χ3n) is 2.51. The van der Waals surface area contributed by atoms with E-state index in [1.54, 1.807) is 6.92 Å². The molecule has 0 saturated heterocycles. The summed E-state index contributed by atoms with van der Waals surface area (Å²) in [5.74, 6) is -0.141. The Morgan fingerprint density at radius 1 is 1.60 bits per heavy atom. The zero-order valence-corrected chi connectivity index (χ0v) is 9.66. The van der Waals surface area contributed by atoms with Crippen LogP contribution in [0.4, 0.5) is 0 Å². The molecule has 1 aromatic heterocycles. The van der Waals surface area contributed by atoms with Gasteiger partial charge < -0.3 is 11.1 Å². The van der Waals surface area contributed by atoms with Crippen LogP contribution in [0.2, 0.25) is 0 Å². The third-order valence-corrected chi connectivity index (χ3v) is 2.51. The van der Waals surface area contributed by atoms with Gasteiger partial charge in [-0.15, -0.1) is 0 Å². The number of amides is 1. The van der Waals surface area contributed by atoms with E-state index in [-0.39, 0.29) is 5.91 Å². The Hall–Kier alpha value is -1.36. The minimum absolute atomic E-state index is 0.141. The van der Waals surface area contributed by atoms with Crippen molar-refractivity contribution in [3.8, 4) is 0 Å². The highest BCUT2D eigenvalue weighted by molar-refractivity contribution is 5.80. The van der Waals surface area contributed by atoms with Crippen LogP contribution < -0.4 is 11.1 Å². The number of rotatable bonds is 3. The minimum Gasteiger partial charge on any atom is -0.351 e. The van der Waals surface area contributed by atoms with Crippen LogP contribution in [0.25, 0.3) is 0 Å². The average molecular weight is 210 g/mol. The molecular weight excluding hydrogens is 192 g/mol. The quantitative estimate of drug-likeness (QED) is 0.737. The zero-order chi connectivity index (χ0) is 11.6. The fourth-order valence-corrected chi connectivity index (χ4v) is 1.41. The molecule has 15 heavy (non-hydrogen) atoms. The molecule has 0 spiro atoms. The van der Waals surface area contributed by atoms with Gasteiger partial charge in [-0.2, -0.15) is 5.10 Å². The van der Waals surface area contributed by atoms with Gasteiger partial charge in [0.05, 0.1) is 11.7 Å².